The minimum Gasteiger partial charge on any atom is -0.437 e. The first kappa shape index (κ1) is 18.3. The average molecular weight is 357 g/mol. The van der Waals surface area contributed by atoms with E-state index in [-0.39, 0.29) is 24.2 Å². The van der Waals surface area contributed by atoms with Crippen LogP contribution in [0.25, 0.3) is 0 Å². The Bertz CT molecular complexity index is 796. The lowest BCUT2D eigenvalue weighted by molar-refractivity contribution is 0.0909. The summed E-state index contributed by atoms with van der Waals surface area (Å²) in [5.41, 5.74) is 2.54. The van der Waals surface area contributed by atoms with Crippen molar-refractivity contribution in [2.75, 3.05) is 6.61 Å². The molecule has 1 atom stereocenters. The van der Waals surface area contributed by atoms with E-state index in [1.54, 1.807) is 6.07 Å². The maximum Gasteiger partial charge on any atom is 0.492 e. The second-order valence-electron chi connectivity index (χ2n) is 6.03. The molecule has 0 saturated carbocycles. The third kappa shape index (κ3) is 3.69. The highest BCUT2D eigenvalue weighted by molar-refractivity contribution is 6.62. The lowest BCUT2D eigenvalue weighted by atomic mass is 9.76. The number of nitrogens with one attached hydrogen (secondary N) is 1. The molecular formula is C17H20BN3O5. The van der Waals surface area contributed by atoms with Crippen molar-refractivity contribution >= 4 is 18.5 Å². The number of hydrogen-bond donors (Lipinski definition) is 3. The van der Waals surface area contributed by atoms with E-state index in [2.05, 4.69) is 15.3 Å². The molecule has 0 radical (unpaired) electrons. The fraction of sp³-hybridized carbons (Fsp3) is 0.353. The topological polar surface area (TPSA) is 114 Å². The van der Waals surface area contributed by atoms with Gasteiger partial charge in [-0.1, -0.05) is 13.0 Å². The molecular weight excluding hydrogens is 337 g/mol. The minimum atomic E-state index is -0.955. The first-order chi connectivity index (χ1) is 12.5. The van der Waals surface area contributed by atoms with E-state index in [1.165, 1.54) is 12.4 Å². The number of carbonyl (C=O) groups excluding carboxylic acids is 1. The van der Waals surface area contributed by atoms with Crippen molar-refractivity contribution < 1.29 is 24.3 Å². The van der Waals surface area contributed by atoms with Gasteiger partial charge >= 0.3 is 7.12 Å². The highest BCUT2D eigenvalue weighted by Crippen LogP contribution is 2.25. The van der Waals surface area contributed by atoms with Gasteiger partial charge in [-0.05, 0) is 36.0 Å². The van der Waals surface area contributed by atoms with E-state index >= 15 is 0 Å². The number of ether oxygens (including phenoxy) is 1. The lowest BCUT2D eigenvalue weighted by Gasteiger charge is -2.14. The van der Waals surface area contributed by atoms with Crippen LogP contribution < -0.4 is 15.5 Å². The molecule has 1 amide bonds. The van der Waals surface area contributed by atoms with Crippen LogP contribution in [0.5, 0.6) is 11.6 Å². The smallest absolute Gasteiger partial charge is 0.437 e. The van der Waals surface area contributed by atoms with Crippen LogP contribution in [0.3, 0.4) is 0 Å². The van der Waals surface area contributed by atoms with Gasteiger partial charge in [0.25, 0.3) is 5.91 Å². The number of nitrogens with zero attached hydrogens (tertiary/aromatic N) is 2. The highest BCUT2D eigenvalue weighted by atomic mass is 16.5. The van der Waals surface area contributed by atoms with Gasteiger partial charge in [0.2, 0.25) is 5.88 Å². The predicted molar refractivity (Wildman–Crippen MR) is 94.3 cm³/mol. The third-order valence-corrected chi connectivity index (χ3v) is 4.32. The molecule has 0 spiro atoms. The van der Waals surface area contributed by atoms with Gasteiger partial charge in [-0.15, -0.1) is 0 Å². The Kier molecular flexibility index (Phi) is 5.50. The molecule has 8 nitrogen and oxygen atoms in total. The summed E-state index contributed by atoms with van der Waals surface area (Å²) in [4.78, 5) is 20.2. The molecule has 9 heteroatoms. The molecule has 1 aliphatic rings. The number of carbonyl (C=O) groups is 1. The summed E-state index contributed by atoms with van der Waals surface area (Å²) in [5, 5.41) is 21.7. The van der Waals surface area contributed by atoms with Crippen molar-refractivity contribution in [3.8, 4) is 11.6 Å². The Hall–Kier alpha value is -2.49. The summed E-state index contributed by atoms with van der Waals surface area (Å²) >= 11 is 0. The molecule has 0 aliphatic carbocycles. The van der Waals surface area contributed by atoms with Crippen LogP contribution in [0.2, 0.25) is 0 Å². The number of benzene rings is 1. The number of aliphatic hydroxyl groups is 1. The van der Waals surface area contributed by atoms with Gasteiger partial charge in [0.1, 0.15) is 11.4 Å². The monoisotopic (exact) mass is 357 g/mol. The predicted octanol–water partition coefficient (Wildman–Crippen LogP) is 0.296. The van der Waals surface area contributed by atoms with E-state index in [4.69, 9.17) is 14.5 Å². The van der Waals surface area contributed by atoms with Gasteiger partial charge in [0.15, 0.2) is 0 Å². The molecule has 2 heterocycles. The first-order valence-corrected chi connectivity index (χ1v) is 8.37. The lowest BCUT2D eigenvalue weighted by Crippen LogP contribution is -2.37. The second-order valence-corrected chi connectivity index (χ2v) is 6.03. The summed E-state index contributed by atoms with van der Waals surface area (Å²) in [5.74, 6) is 0.359. The van der Waals surface area contributed by atoms with Crippen molar-refractivity contribution in [2.45, 2.75) is 32.9 Å². The van der Waals surface area contributed by atoms with Crippen molar-refractivity contribution in [3.63, 3.8) is 0 Å². The van der Waals surface area contributed by atoms with Crippen molar-refractivity contribution in [1.29, 1.82) is 0 Å². The summed E-state index contributed by atoms with van der Waals surface area (Å²) < 4.78 is 10.9. The standard InChI is InChI=1S/C17H20BN3O5/c1-3-12(8-22)21-17(23)13-6-20-15(7-19-13)26-14-5-4-11-9-25-18(24)16(11)10(14)2/h4-7,12,22,24H,3,8-9H2,1-2H3,(H,21,23). The normalized spacial score (nSPS) is 14.1. The summed E-state index contributed by atoms with van der Waals surface area (Å²) in [6.45, 7) is 3.93. The second kappa shape index (κ2) is 7.82. The van der Waals surface area contributed by atoms with E-state index in [1.807, 2.05) is 19.9 Å². The Labute approximate surface area is 151 Å². The fourth-order valence-corrected chi connectivity index (χ4v) is 2.73. The van der Waals surface area contributed by atoms with Gasteiger partial charge in [-0.25, -0.2) is 9.97 Å². The largest absolute Gasteiger partial charge is 0.492 e. The molecule has 2 aromatic rings. The van der Waals surface area contributed by atoms with Crippen molar-refractivity contribution in [1.82, 2.24) is 15.3 Å². The third-order valence-electron chi connectivity index (χ3n) is 4.32. The molecule has 3 N–H and O–H groups in total. The van der Waals surface area contributed by atoms with E-state index in [9.17, 15) is 9.82 Å². The summed E-state index contributed by atoms with van der Waals surface area (Å²) in [6, 6.07) is 3.30. The van der Waals surface area contributed by atoms with Crippen LogP contribution in [-0.2, 0) is 11.3 Å². The quantitative estimate of drug-likeness (QED) is 0.637. The Balaban J connectivity index is 1.72. The zero-order valence-corrected chi connectivity index (χ0v) is 14.6. The highest BCUT2D eigenvalue weighted by Gasteiger charge is 2.30. The maximum absolute atomic E-state index is 12.1. The minimum absolute atomic E-state index is 0.135. The fourth-order valence-electron chi connectivity index (χ4n) is 2.73. The molecule has 0 saturated heterocycles. The zero-order valence-electron chi connectivity index (χ0n) is 14.6. The van der Waals surface area contributed by atoms with Gasteiger partial charge in [-0.2, -0.15) is 0 Å². The number of amides is 1. The SMILES string of the molecule is CCC(CO)NC(=O)c1cnc(Oc2ccc3c(c2C)B(O)OC3)cn1. The van der Waals surface area contributed by atoms with E-state index in [0.717, 1.165) is 11.1 Å². The Morgan fingerprint density at radius 3 is 2.88 bits per heavy atom. The molecule has 1 aliphatic heterocycles. The molecule has 136 valence electrons. The first-order valence-electron chi connectivity index (χ1n) is 8.37. The van der Waals surface area contributed by atoms with Crippen LogP contribution in [0.4, 0.5) is 0 Å². The number of aliphatic hydroxyl groups excluding tert-OH is 1. The van der Waals surface area contributed by atoms with Crippen LogP contribution in [0, 0.1) is 6.92 Å². The molecule has 3 rings (SSSR count). The van der Waals surface area contributed by atoms with Crippen LogP contribution in [0.15, 0.2) is 24.5 Å². The number of fused-ring (bicyclic) bond motifs is 1. The van der Waals surface area contributed by atoms with Crippen molar-refractivity contribution in [3.05, 3.63) is 41.3 Å². The van der Waals surface area contributed by atoms with Gasteiger partial charge < -0.3 is 24.8 Å². The summed E-state index contributed by atoms with van der Waals surface area (Å²) in [6.07, 6.45) is 3.29. The molecule has 0 bridgehead atoms. The molecule has 0 fully saturated rings. The summed E-state index contributed by atoms with van der Waals surface area (Å²) in [7, 11) is -0.955. The molecule has 1 aromatic carbocycles. The van der Waals surface area contributed by atoms with Gasteiger partial charge in [0.05, 0.1) is 31.6 Å². The number of aromatic nitrogens is 2. The van der Waals surface area contributed by atoms with Crippen LogP contribution >= 0.6 is 0 Å². The van der Waals surface area contributed by atoms with Crippen LogP contribution in [0.1, 0.15) is 35.0 Å². The Morgan fingerprint density at radius 2 is 2.23 bits per heavy atom. The van der Waals surface area contributed by atoms with E-state index < -0.39 is 13.0 Å². The molecule has 1 unspecified atom stereocenters. The van der Waals surface area contributed by atoms with Gasteiger partial charge in [0, 0.05) is 0 Å². The van der Waals surface area contributed by atoms with Crippen molar-refractivity contribution in [2.24, 2.45) is 0 Å². The Morgan fingerprint density at radius 1 is 1.42 bits per heavy atom. The number of hydrogen-bond acceptors (Lipinski definition) is 7. The zero-order chi connectivity index (χ0) is 18.7. The maximum atomic E-state index is 12.1. The average Bonchev–Trinajstić information content (AvgIpc) is 3.04. The number of rotatable bonds is 6. The molecule has 1 aromatic heterocycles. The molecule has 26 heavy (non-hydrogen) atoms. The van der Waals surface area contributed by atoms with Gasteiger partial charge in [-0.3, -0.25) is 4.79 Å². The van der Waals surface area contributed by atoms with Crippen LogP contribution in [-0.4, -0.2) is 45.8 Å². The van der Waals surface area contributed by atoms with E-state index in [0.29, 0.717) is 24.2 Å².